The minimum absolute atomic E-state index is 0.163. The molecule has 0 bridgehead atoms. The van der Waals surface area contributed by atoms with Gasteiger partial charge in [-0.05, 0) is 53.1 Å². The highest BCUT2D eigenvalue weighted by Crippen LogP contribution is 2.54. The number of nitrogens with zero attached hydrogens (tertiary/aromatic N) is 5. The van der Waals surface area contributed by atoms with Crippen LogP contribution in [0.3, 0.4) is 0 Å². The summed E-state index contributed by atoms with van der Waals surface area (Å²) in [5, 5.41) is 4.06. The predicted octanol–water partition coefficient (Wildman–Crippen LogP) is 4.14. The van der Waals surface area contributed by atoms with Gasteiger partial charge in [0.1, 0.15) is 23.7 Å². The average Bonchev–Trinajstić information content (AvgIpc) is 3.37. The third kappa shape index (κ3) is 3.15. The van der Waals surface area contributed by atoms with Gasteiger partial charge in [-0.3, -0.25) is 0 Å². The van der Waals surface area contributed by atoms with Crippen molar-refractivity contribution >= 4 is 22.4 Å². The van der Waals surface area contributed by atoms with Crippen LogP contribution >= 0.6 is 0 Å². The van der Waals surface area contributed by atoms with Gasteiger partial charge in [0, 0.05) is 61.5 Å². The molecule has 3 atom stereocenters. The van der Waals surface area contributed by atoms with Gasteiger partial charge in [-0.1, -0.05) is 6.92 Å². The van der Waals surface area contributed by atoms with Crippen LogP contribution < -0.4 is 20.7 Å². The molecular weight excluding hydrogens is 457 g/mol. The van der Waals surface area contributed by atoms with E-state index < -0.39 is 0 Å². The zero-order chi connectivity index (χ0) is 24.6. The summed E-state index contributed by atoms with van der Waals surface area (Å²) in [5.74, 6) is 1.51. The van der Waals surface area contributed by atoms with E-state index in [1.165, 1.54) is 12.4 Å². The molecule has 0 spiro atoms. The summed E-state index contributed by atoms with van der Waals surface area (Å²) in [6.45, 7) is 3.96. The molecule has 36 heavy (non-hydrogen) atoms. The van der Waals surface area contributed by atoms with Crippen molar-refractivity contribution in [2.24, 2.45) is 17.1 Å². The van der Waals surface area contributed by atoms with E-state index in [-0.39, 0.29) is 23.3 Å². The Kier molecular flexibility index (Phi) is 4.51. The number of benzene rings is 2. The van der Waals surface area contributed by atoms with E-state index in [9.17, 15) is 4.39 Å². The zero-order valence-corrected chi connectivity index (χ0v) is 20.1. The second kappa shape index (κ2) is 7.57. The monoisotopic (exact) mass is 483 g/mol. The van der Waals surface area contributed by atoms with Crippen molar-refractivity contribution in [1.29, 1.82) is 0 Å². The first-order valence-corrected chi connectivity index (χ1v) is 12.2. The molecule has 2 fully saturated rings. The van der Waals surface area contributed by atoms with E-state index in [1.807, 2.05) is 25.2 Å². The molecule has 7 rings (SSSR count). The molecule has 9 heteroatoms. The Morgan fingerprint density at radius 2 is 2.11 bits per heavy atom. The third-order valence-corrected chi connectivity index (χ3v) is 8.11. The third-order valence-electron chi connectivity index (χ3n) is 8.11. The number of hydrogen-bond donors (Lipinski definition) is 2. The van der Waals surface area contributed by atoms with Crippen molar-refractivity contribution in [3.8, 4) is 22.9 Å². The Hall–Kier alpha value is -3.85. The van der Waals surface area contributed by atoms with Crippen LogP contribution in [0.1, 0.15) is 24.6 Å². The second-order valence-corrected chi connectivity index (χ2v) is 10.4. The molecular formula is C27H26FN7O. The average molecular weight is 484 g/mol. The van der Waals surface area contributed by atoms with Crippen molar-refractivity contribution in [2.75, 3.05) is 30.4 Å². The number of hydrogen-bond acceptors (Lipinski definition) is 8. The van der Waals surface area contributed by atoms with Gasteiger partial charge in [-0.15, -0.1) is 0 Å². The van der Waals surface area contributed by atoms with Crippen LogP contribution in [0.2, 0.25) is 0 Å². The lowest BCUT2D eigenvalue weighted by Gasteiger charge is -2.46. The first kappa shape index (κ1) is 21.4. The Morgan fingerprint density at radius 3 is 2.92 bits per heavy atom. The van der Waals surface area contributed by atoms with Crippen molar-refractivity contribution in [1.82, 2.24) is 19.9 Å². The molecule has 0 amide bonds. The molecule has 1 unspecified atom stereocenters. The molecule has 3 heterocycles. The van der Waals surface area contributed by atoms with Gasteiger partial charge >= 0.3 is 6.01 Å². The maximum atomic E-state index is 14.6. The van der Waals surface area contributed by atoms with Crippen molar-refractivity contribution in [2.45, 2.75) is 25.8 Å². The SMILES string of the molecule is CNc1cc(F)cc2c1Cc1nc(Oc3ccc4cncnc4c3)nc(N3CC4[C@H](N)C[C@]4(C)C3)c1-2. The van der Waals surface area contributed by atoms with Crippen molar-refractivity contribution < 1.29 is 9.13 Å². The Balaban J connectivity index is 1.34. The molecule has 0 radical (unpaired) electrons. The first-order chi connectivity index (χ1) is 17.4. The standard InChI is InChI=1S/C27H26FN7O/c1-27-9-20(29)19(27)11-35(12-27)25-24-18-5-15(28)6-22(30-2)17(18)8-23(24)33-26(34-25)36-16-4-3-14-10-31-13-32-21(14)7-16/h3-7,10,13,19-20,30H,8-9,11-12,29H2,1-2H3/t19?,20-,27-/m1/s1. The fourth-order valence-corrected chi connectivity index (χ4v) is 6.34. The summed E-state index contributed by atoms with van der Waals surface area (Å²) in [5.41, 5.74) is 11.7. The van der Waals surface area contributed by atoms with Gasteiger partial charge in [0.05, 0.1) is 11.2 Å². The number of ether oxygens (including phenoxy) is 1. The number of nitrogens with two attached hydrogens (primary N) is 1. The highest BCUT2D eigenvalue weighted by atomic mass is 19.1. The molecule has 1 saturated carbocycles. The van der Waals surface area contributed by atoms with Gasteiger partial charge in [0.2, 0.25) is 0 Å². The van der Waals surface area contributed by atoms with E-state index in [1.54, 1.807) is 12.3 Å². The summed E-state index contributed by atoms with van der Waals surface area (Å²) in [6.07, 6.45) is 4.85. The second-order valence-electron chi connectivity index (χ2n) is 10.4. The van der Waals surface area contributed by atoms with Gasteiger partial charge in [0.15, 0.2) is 0 Å². The predicted molar refractivity (Wildman–Crippen MR) is 136 cm³/mol. The van der Waals surface area contributed by atoms with Gasteiger partial charge < -0.3 is 20.7 Å². The van der Waals surface area contributed by atoms with Gasteiger partial charge in [-0.2, -0.15) is 9.97 Å². The van der Waals surface area contributed by atoms with Crippen LogP contribution in [-0.2, 0) is 6.42 Å². The first-order valence-electron chi connectivity index (χ1n) is 12.2. The lowest BCUT2D eigenvalue weighted by Crippen LogP contribution is -2.53. The molecule has 8 nitrogen and oxygen atoms in total. The van der Waals surface area contributed by atoms with Crippen LogP contribution in [-0.4, -0.2) is 46.1 Å². The summed E-state index contributed by atoms with van der Waals surface area (Å²) in [4.78, 5) is 20.4. The molecule has 1 saturated heterocycles. The van der Waals surface area contributed by atoms with Crippen LogP contribution in [0, 0.1) is 17.2 Å². The van der Waals surface area contributed by atoms with Crippen LogP contribution in [0.4, 0.5) is 15.9 Å². The topological polar surface area (TPSA) is 102 Å². The zero-order valence-electron chi connectivity index (χ0n) is 20.1. The molecule has 3 N–H and O–H groups in total. The fraction of sp³-hybridized carbons (Fsp3) is 0.333. The molecule has 4 aromatic rings. The molecule has 1 aliphatic heterocycles. The van der Waals surface area contributed by atoms with Crippen LogP contribution in [0.25, 0.3) is 22.0 Å². The Morgan fingerprint density at radius 1 is 1.22 bits per heavy atom. The highest BCUT2D eigenvalue weighted by Gasteiger charge is 2.55. The molecule has 182 valence electrons. The van der Waals surface area contributed by atoms with Crippen molar-refractivity contribution in [3.05, 3.63) is 59.9 Å². The van der Waals surface area contributed by atoms with Crippen LogP contribution in [0.15, 0.2) is 42.9 Å². The summed E-state index contributed by atoms with van der Waals surface area (Å²) in [7, 11) is 1.81. The smallest absolute Gasteiger partial charge is 0.324 e. The quantitative estimate of drug-likeness (QED) is 0.393. The fourth-order valence-electron chi connectivity index (χ4n) is 6.34. The van der Waals surface area contributed by atoms with Crippen LogP contribution in [0.5, 0.6) is 11.8 Å². The maximum absolute atomic E-state index is 14.6. The summed E-state index contributed by atoms with van der Waals surface area (Å²) < 4.78 is 20.8. The van der Waals surface area contributed by atoms with E-state index in [2.05, 4.69) is 27.1 Å². The molecule has 2 aromatic carbocycles. The number of fused-ring (bicyclic) bond motifs is 5. The lowest BCUT2D eigenvalue weighted by atomic mass is 9.60. The number of halogens is 1. The lowest BCUT2D eigenvalue weighted by molar-refractivity contribution is 0.0771. The number of aromatic nitrogens is 4. The largest absolute Gasteiger partial charge is 0.424 e. The molecule has 2 aliphatic carbocycles. The highest BCUT2D eigenvalue weighted by molar-refractivity contribution is 5.88. The summed E-state index contributed by atoms with van der Waals surface area (Å²) >= 11 is 0. The van der Waals surface area contributed by atoms with E-state index in [4.69, 9.17) is 20.4 Å². The van der Waals surface area contributed by atoms with Crippen molar-refractivity contribution in [3.63, 3.8) is 0 Å². The Bertz CT molecular complexity index is 1540. The minimum Gasteiger partial charge on any atom is -0.424 e. The summed E-state index contributed by atoms with van der Waals surface area (Å²) in [6, 6.07) is 9.22. The Labute approximate surface area is 207 Å². The molecule has 3 aliphatic rings. The normalized spacial score (nSPS) is 23.7. The number of anilines is 2. The van der Waals surface area contributed by atoms with Gasteiger partial charge in [-0.25, -0.2) is 14.4 Å². The van der Waals surface area contributed by atoms with E-state index in [0.717, 1.165) is 64.3 Å². The van der Waals surface area contributed by atoms with Gasteiger partial charge in [0.25, 0.3) is 0 Å². The number of rotatable bonds is 4. The van der Waals surface area contributed by atoms with E-state index >= 15 is 0 Å². The maximum Gasteiger partial charge on any atom is 0.324 e. The molecule has 2 aromatic heterocycles. The minimum atomic E-state index is -0.286. The number of nitrogens with one attached hydrogen (secondary N) is 1. The van der Waals surface area contributed by atoms with E-state index in [0.29, 0.717) is 18.1 Å².